The molecule has 0 aromatic carbocycles. The first-order valence-electron chi connectivity index (χ1n) is 8.89. The Kier molecular flexibility index (Phi) is 10.4. The van der Waals surface area contributed by atoms with E-state index in [4.69, 9.17) is 0 Å². The van der Waals surface area contributed by atoms with E-state index in [1.807, 2.05) is 4.90 Å². The first-order chi connectivity index (χ1) is 11.6. The van der Waals surface area contributed by atoms with Crippen molar-refractivity contribution in [3.8, 4) is 0 Å². The van der Waals surface area contributed by atoms with Gasteiger partial charge in [0.1, 0.15) is 0 Å². The van der Waals surface area contributed by atoms with Crippen LogP contribution < -0.4 is 10.6 Å². The minimum absolute atomic E-state index is 0. The van der Waals surface area contributed by atoms with E-state index < -0.39 is 0 Å². The van der Waals surface area contributed by atoms with Crippen LogP contribution in [0.25, 0.3) is 0 Å². The Hall–Kier alpha value is -0.830. The molecule has 1 aromatic rings. The van der Waals surface area contributed by atoms with Gasteiger partial charge < -0.3 is 15.5 Å². The zero-order chi connectivity index (χ0) is 17.4. The molecule has 1 aliphatic rings. The summed E-state index contributed by atoms with van der Waals surface area (Å²) in [7, 11) is 1.76. The Morgan fingerprint density at radius 1 is 1.44 bits per heavy atom. The van der Waals surface area contributed by atoms with Crippen molar-refractivity contribution in [3.63, 3.8) is 0 Å². The topological polar surface area (TPSA) is 56.7 Å². The van der Waals surface area contributed by atoms with E-state index in [2.05, 4.69) is 47.0 Å². The van der Waals surface area contributed by atoms with E-state index in [9.17, 15) is 4.79 Å². The van der Waals surface area contributed by atoms with Crippen molar-refractivity contribution >= 4 is 47.2 Å². The Morgan fingerprint density at radius 2 is 2.24 bits per heavy atom. The van der Waals surface area contributed by atoms with E-state index >= 15 is 0 Å². The van der Waals surface area contributed by atoms with E-state index in [0.29, 0.717) is 24.9 Å². The van der Waals surface area contributed by atoms with Gasteiger partial charge in [-0.2, -0.15) is 0 Å². The molecule has 1 amide bonds. The van der Waals surface area contributed by atoms with Gasteiger partial charge in [-0.25, -0.2) is 0 Å². The van der Waals surface area contributed by atoms with Gasteiger partial charge in [0.25, 0.3) is 0 Å². The van der Waals surface area contributed by atoms with Crippen molar-refractivity contribution in [2.45, 2.75) is 51.5 Å². The molecule has 2 atom stereocenters. The van der Waals surface area contributed by atoms with Gasteiger partial charge in [-0.3, -0.25) is 9.79 Å². The van der Waals surface area contributed by atoms with Crippen LogP contribution in [0.5, 0.6) is 0 Å². The first-order valence-corrected chi connectivity index (χ1v) is 9.77. The highest BCUT2D eigenvalue weighted by molar-refractivity contribution is 14.0. The summed E-state index contributed by atoms with van der Waals surface area (Å²) in [5.41, 5.74) is 0. The predicted molar refractivity (Wildman–Crippen MR) is 117 cm³/mol. The number of guanidine groups is 1. The summed E-state index contributed by atoms with van der Waals surface area (Å²) >= 11 is 1.78. The highest BCUT2D eigenvalue weighted by Crippen LogP contribution is 2.19. The van der Waals surface area contributed by atoms with Crippen LogP contribution in [0.1, 0.15) is 50.3 Å². The van der Waals surface area contributed by atoms with Crippen LogP contribution in [0.15, 0.2) is 22.5 Å². The van der Waals surface area contributed by atoms with E-state index in [-0.39, 0.29) is 29.9 Å². The van der Waals surface area contributed by atoms with Crippen LogP contribution in [0.2, 0.25) is 0 Å². The fraction of sp³-hybridized carbons (Fsp3) is 0.667. The molecular weight excluding hydrogens is 447 g/mol. The lowest BCUT2D eigenvalue weighted by Crippen LogP contribution is -2.44. The zero-order valence-corrected chi connectivity index (χ0v) is 18.6. The third kappa shape index (κ3) is 7.13. The quantitative estimate of drug-likeness (QED) is 0.374. The molecule has 142 valence electrons. The van der Waals surface area contributed by atoms with Crippen LogP contribution in [-0.2, 0) is 4.79 Å². The molecule has 1 aromatic heterocycles. The van der Waals surface area contributed by atoms with Crippen LogP contribution >= 0.6 is 35.3 Å². The second-order valence-corrected chi connectivity index (χ2v) is 7.46. The van der Waals surface area contributed by atoms with E-state index in [1.54, 1.807) is 18.4 Å². The molecule has 0 spiro atoms. The van der Waals surface area contributed by atoms with E-state index in [1.165, 1.54) is 11.3 Å². The average Bonchev–Trinajstić information content (AvgIpc) is 3.12. The van der Waals surface area contributed by atoms with Gasteiger partial charge in [-0.1, -0.05) is 13.0 Å². The molecule has 1 fully saturated rings. The monoisotopic (exact) mass is 478 g/mol. The molecule has 0 bridgehead atoms. The molecule has 0 saturated carbocycles. The normalized spacial score (nSPS) is 19.1. The third-order valence-electron chi connectivity index (χ3n) is 4.58. The molecule has 2 rings (SSSR count). The largest absolute Gasteiger partial charge is 0.356 e. The summed E-state index contributed by atoms with van der Waals surface area (Å²) in [6, 6.07) is 4.62. The lowest BCUT2D eigenvalue weighted by atomic mass is 10.0. The number of carbonyl (C=O) groups is 1. The van der Waals surface area contributed by atoms with Crippen molar-refractivity contribution in [2.24, 2.45) is 4.99 Å². The molecule has 0 radical (unpaired) electrons. The SMILES string of the molecule is CN=C(NCCC(=O)N1CCCCC1C)NCC(C)c1cccs1.I. The number of carbonyl (C=O) groups excluding carboxylic acids is 1. The van der Waals surface area contributed by atoms with Crippen LogP contribution in [0.3, 0.4) is 0 Å². The van der Waals surface area contributed by atoms with Crippen LogP contribution in [0.4, 0.5) is 0 Å². The Morgan fingerprint density at radius 3 is 2.88 bits per heavy atom. The Labute approximate surface area is 172 Å². The average molecular weight is 478 g/mol. The summed E-state index contributed by atoms with van der Waals surface area (Å²) in [6.45, 7) is 6.71. The molecular formula is C18H31IN4OS. The molecule has 5 nitrogen and oxygen atoms in total. The van der Waals surface area contributed by atoms with Crippen molar-refractivity contribution in [1.82, 2.24) is 15.5 Å². The number of nitrogens with zero attached hydrogens (tertiary/aromatic N) is 2. The number of likely N-dealkylation sites (tertiary alicyclic amines) is 1. The second kappa shape index (κ2) is 11.7. The van der Waals surface area contributed by atoms with Gasteiger partial charge in [0.2, 0.25) is 5.91 Å². The van der Waals surface area contributed by atoms with Gasteiger partial charge >= 0.3 is 0 Å². The second-order valence-electron chi connectivity index (χ2n) is 6.48. The number of piperidine rings is 1. The maximum Gasteiger partial charge on any atom is 0.224 e. The third-order valence-corrected chi connectivity index (χ3v) is 5.69. The minimum atomic E-state index is 0. The van der Waals surface area contributed by atoms with Gasteiger partial charge in [0, 0.05) is 49.9 Å². The fourth-order valence-electron chi connectivity index (χ4n) is 3.04. The molecule has 2 unspecified atom stereocenters. The molecule has 1 saturated heterocycles. The summed E-state index contributed by atoms with van der Waals surface area (Å²) < 4.78 is 0. The number of nitrogens with one attached hydrogen (secondary N) is 2. The number of thiophene rings is 1. The fourth-order valence-corrected chi connectivity index (χ4v) is 3.83. The van der Waals surface area contributed by atoms with Crippen LogP contribution in [-0.4, -0.2) is 49.5 Å². The molecule has 7 heteroatoms. The molecule has 25 heavy (non-hydrogen) atoms. The lowest BCUT2D eigenvalue weighted by Gasteiger charge is -2.33. The number of halogens is 1. The number of rotatable bonds is 6. The summed E-state index contributed by atoms with van der Waals surface area (Å²) in [4.78, 5) is 20.0. The van der Waals surface area contributed by atoms with Gasteiger partial charge in [0.15, 0.2) is 5.96 Å². The van der Waals surface area contributed by atoms with Crippen LogP contribution in [0, 0.1) is 0 Å². The van der Waals surface area contributed by atoms with E-state index in [0.717, 1.165) is 31.9 Å². The Bertz CT molecular complexity index is 535. The maximum atomic E-state index is 12.3. The smallest absolute Gasteiger partial charge is 0.224 e. The van der Waals surface area contributed by atoms with Crippen molar-refractivity contribution in [1.29, 1.82) is 0 Å². The summed E-state index contributed by atoms with van der Waals surface area (Å²) in [6.07, 6.45) is 4.02. The van der Waals surface area contributed by atoms with Gasteiger partial charge in [-0.05, 0) is 37.6 Å². The molecule has 0 aliphatic carbocycles. The lowest BCUT2D eigenvalue weighted by molar-refractivity contribution is -0.134. The molecule has 2 heterocycles. The van der Waals surface area contributed by atoms with Gasteiger partial charge in [0.05, 0.1) is 0 Å². The number of hydrogen-bond donors (Lipinski definition) is 2. The molecule has 2 N–H and O–H groups in total. The zero-order valence-electron chi connectivity index (χ0n) is 15.5. The van der Waals surface area contributed by atoms with Gasteiger partial charge in [-0.15, -0.1) is 35.3 Å². The molecule has 1 aliphatic heterocycles. The highest BCUT2D eigenvalue weighted by atomic mass is 127. The standard InChI is InChI=1S/C18H30N4OS.HI/c1-14(16-8-6-12-24-16)13-21-18(19-3)20-10-9-17(23)22-11-5-4-7-15(22)2;/h6,8,12,14-15H,4-5,7,9-11,13H2,1-3H3,(H2,19,20,21);1H. The summed E-state index contributed by atoms with van der Waals surface area (Å²) in [5.74, 6) is 1.45. The van der Waals surface area contributed by atoms with Crippen molar-refractivity contribution < 1.29 is 4.79 Å². The number of aliphatic imine (C=N–C) groups is 1. The highest BCUT2D eigenvalue weighted by Gasteiger charge is 2.22. The number of amides is 1. The predicted octanol–water partition coefficient (Wildman–Crippen LogP) is 3.43. The Balaban J connectivity index is 0.00000312. The summed E-state index contributed by atoms with van der Waals surface area (Å²) in [5, 5.41) is 8.69. The first kappa shape index (κ1) is 22.2. The minimum Gasteiger partial charge on any atom is -0.356 e. The van der Waals surface area contributed by atoms with Crippen molar-refractivity contribution in [3.05, 3.63) is 22.4 Å². The maximum absolute atomic E-state index is 12.3. The number of hydrogen-bond acceptors (Lipinski definition) is 3. The van der Waals surface area contributed by atoms with Crippen molar-refractivity contribution in [2.75, 3.05) is 26.7 Å².